The number of hydrogen-bond acceptors (Lipinski definition) is 4. The smallest absolute Gasteiger partial charge is 0.356 e. The molecule has 0 aliphatic heterocycles. The number of aromatic nitrogens is 2. The first-order valence-corrected chi connectivity index (χ1v) is 4.65. The Morgan fingerprint density at radius 2 is 1.82 bits per heavy atom. The fourth-order valence-corrected chi connectivity index (χ4v) is 1.11. The Labute approximate surface area is 95.5 Å². The maximum atomic E-state index is 12.6. The highest BCUT2D eigenvalue weighted by Gasteiger charge is 2.06. The van der Waals surface area contributed by atoms with Crippen molar-refractivity contribution in [2.45, 2.75) is 0 Å². The zero-order chi connectivity index (χ0) is 12.3. The second-order valence-corrected chi connectivity index (χ2v) is 3.12. The van der Waals surface area contributed by atoms with Crippen LogP contribution < -0.4 is 4.74 Å². The summed E-state index contributed by atoms with van der Waals surface area (Å²) in [7, 11) is 0. The van der Waals surface area contributed by atoms with Gasteiger partial charge in [-0.05, 0) is 30.3 Å². The van der Waals surface area contributed by atoms with Crippen molar-refractivity contribution in [3.63, 3.8) is 0 Å². The highest BCUT2D eigenvalue weighted by molar-refractivity contribution is 5.84. The van der Waals surface area contributed by atoms with E-state index in [2.05, 4.69) is 10.2 Å². The molecule has 86 valence electrons. The van der Waals surface area contributed by atoms with E-state index in [1.165, 1.54) is 36.4 Å². The molecule has 1 N–H and O–H groups in total. The van der Waals surface area contributed by atoms with Crippen molar-refractivity contribution in [2.24, 2.45) is 0 Å². The molecule has 1 heterocycles. The van der Waals surface area contributed by atoms with E-state index >= 15 is 0 Å². The molecular weight excluding hydrogens is 227 g/mol. The van der Waals surface area contributed by atoms with E-state index in [4.69, 9.17) is 9.84 Å². The Morgan fingerprint density at radius 3 is 2.35 bits per heavy atom. The van der Waals surface area contributed by atoms with Crippen LogP contribution in [0.5, 0.6) is 11.6 Å². The van der Waals surface area contributed by atoms with Gasteiger partial charge in [-0.3, -0.25) is 0 Å². The fourth-order valence-electron chi connectivity index (χ4n) is 1.11. The molecule has 0 aliphatic carbocycles. The number of rotatable bonds is 3. The van der Waals surface area contributed by atoms with Crippen LogP contribution in [0.15, 0.2) is 36.4 Å². The van der Waals surface area contributed by atoms with Crippen molar-refractivity contribution < 1.29 is 19.0 Å². The van der Waals surface area contributed by atoms with Crippen LogP contribution in [0.4, 0.5) is 4.39 Å². The molecule has 0 unspecified atom stereocenters. The van der Waals surface area contributed by atoms with Crippen LogP contribution >= 0.6 is 0 Å². The molecule has 17 heavy (non-hydrogen) atoms. The minimum Gasteiger partial charge on any atom is -0.476 e. The van der Waals surface area contributed by atoms with E-state index in [0.29, 0.717) is 5.75 Å². The van der Waals surface area contributed by atoms with Gasteiger partial charge < -0.3 is 9.84 Å². The first-order chi connectivity index (χ1) is 8.15. The number of carboxylic acid groups (broad SMARTS) is 1. The number of carbonyl (C=O) groups is 1. The number of hydrogen-bond donors (Lipinski definition) is 1. The van der Waals surface area contributed by atoms with Gasteiger partial charge in [0.1, 0.15) is 11.6 Å². The zero-order valence-electron chi connectivity index (χ0n) is 8.50. The average molecular weight is 234 g/mol. The van der Waals surface area contributed by atoms with E-state index < -0.39 is 5.97 Å². The molecule has 5 nitrogen and oxygen atoms in total. The average Bonchev–Trinajstić information content (AvgIpc) is 2.33. The normalized spacial score (nSPS) is 9.94. The number of ether oxygens (including phenoxy) is 1. The third kappa shape index (κ3) is 2.75. The SMILES string of the molecule is O=C(O)c1ccc(Oc2ccc(F)cc2)nn1. The lowest BCUT2D eigenvalue weighted by Crippen LogP contribution is -2.02. The Hall–Kier alpha value is -2.50. The van der Waals surface area contributed by atoms with Crippen molar-refractivity contribution in [1.82, 2.24) is 10.2 Å². The minimum atomic E-state index is -1.16. The molecule has 0 bridgehead atoms. The number of halogens is 1. The first-order valence-electron chi connectivity index (χ1n) is 4.65. The summed E-state index contributed by atoms with van der Waals surface area (Å²) < 4.78 is 17.9. The fraction of sp³-hybridized carbons (Fsp3) is 0. The molecule has 0 amide bonds. The van der Waals surface area contributed by atoms with Crippen LogP contribution in [0.1, 0.15) is 10.5 Å². The lowest BCUT2D eigenvalue weighted by molar-refractivity contribution is 0.0689. The van der Waals surface area contributed by atoms with Crippen molar-refractivity contribution in [2.75, 3.05) is 0 Å². The predicted octanol–water partition coefficient (Wildman–Crippen LogP) is 2.11. The molecule has 0 fully saturated rings. The van der Waals surface area contributed by atoms with E-state index in [-0.39, 0.29) is 17.4 Å². The third-order valence-corrected chi connectivity index (χ3v) is 1.90. The van der Waals surface area contributed by atoms with Gasteiger partial charge in [0.25, 0.3) is 0 Å². The van der Waals surface area contributed by atoms with Gasteiger partial charge in [0.2, 0.25) is 5.88 Å². The topological polar surface area (TPSA) is 72.3 Å². The van der Waals surface area contributed by atoms with Crippen molar-refractivity contribution >= 4 is 5.97 Å². The van der Waals surface area contributed by atoms with Gasteiger partial charge in [0.15, 0.2) is 5.69 Å². The molecule has 1 aromatic carbocycles. The van der Waals surface area contributed by atoms with Crippen molar-refractivity contribution in [1.29, 1.82) is 0 Å². The zero-order valence-corrected chi connectivity index (χ0v) is 8.50. The van der Waals surface area contributed by atoms with E-state index in [9.17, 15) is 9.18 Å². The standard InChI is InChI=1S/C11H7FN2O3/c12-7-1-3-8(4-2-7)17-10-6-5-9(11(15)16)13-14-10/h1-6H,(H,15,16). The summed E-state index contributed by atoms with van der Waals surface area (Å²) in [6, 6.07) is 8.00. The van der Waals surface area contributed by atoms with Crippen LogP contribution in [0.25, 0.3) is 0 Å². The van der Waals surface area contributed by atoms with Gasteiger partial charge in [-0.2, -0.15) is 0 Å². The van der Waals surface area contributed by atoms with Gasteiger partial charge in [-0.15, -0.1) is 10.2 Å². The number of benzene rings is 1. The van der Waals surface area contributed by atoms with Crippen LogP contribution in [-0.2, 0) is 0 Å². The molecule has 0 saturated heterocycles. The van der Waals surface area contributed by atoms with Crippen molar-refractivity contribution in [3.8, 4) is 11.6 Å². The molecule has 1 aromatic heterocycles. The van der Waals surface area contributed by atoms with Gasteiger partial charge in [0.05, 0.1) is 0 Å². The molecule has 2 aromatic rings. The summed E-state index contributed by atoms with van der Waals surface area (Å²) in [6.07, 6.45) is 0. The molecule has 2 rings (SSSR count). The summed E-state index contributed by atoms with van der Waals surface area (Å²) in [4.78, 5) is 10.5. The van der Waals surface area contributed by atoms with E-state index in [1.807, 2.05) is 0 Å². The van der Waals surface area contributed by atoms with Crippen molar-refractivity contribution in [3.05, 3.63) is 47.9 Å². The number of nitrogens with zero attached hydrogens (tertiary/aromatic N) is 2. The molecule has 0 saturated carbocycles. The van der Waals surface area contributed by atoms with Crippen LogP contribution in [0, 0.1) is 5.82 Å². The quantitative estimate of drug-likeness (QED) is 0.880. The van der Waals surface area contributed by atoms with Crippen LogP contribution in [0.2, 0.25) is 0 Å². The second kappa shape index (κ2) is 4.56. The third-order valence-electron chi connectivity index (χ3n) is 1.90. The lowest BCUT2D eigenvalue weighted by atomic mass is 10.3. The number of aromatic carboxylic acids is 1. The monoisotopic (exact) mass is 234 g/mol. The van der Waals surface area contributed by atoms with Gasteiger partial charge in [-0.1, -0.05) is 0 Å². The molecule has 0 aliphatic rings. The van der Waals surface area contributed by atoms with E-state index in [0.717, 1.165) is 0 Å². The molecule has 0 radical (unpaired) electrons. The second-order valence-electron chi connectivity index (χ2n) is 3.12. The summed E-state index contributed by atoms with van der Waals surface area (Å²) in [5.74, 6) is -0.999. The van der Waals surface area contributed by atoms with Crippen LogP contribution in [-0.4, -0.2) is 21.3 Å². The van der Waals surface area contributed by atoms with Gasteiger partial charge >= 0.3 is 5.97 Å². The molecule has 0 atom stereocenters. The first kappa shape index (κ1) is 11.0. The Balaban J connectivity index is 2.13. The maximum Gasteiger partial charge on any atom is 0.356 e. The number of carboxylic acids is 1. The van der Waals surface area contributed by atoms with E-state index in [1.54, 1.807) is 0 Å². The highest BCUT2D eigenvalue weighted by atomic mass is 19.1. The summed E-state index contributed by atoms with van der Waals surface area (Å²) >= 11 is 0. The Kier molecular flexibility index (Phi) is 2.95. The molecular formula is C11H7FN2O3. The van der Waals surface area contributed by atoms with Gasteiger partial charge in [-0.25, -0.2) is 9.18 Å². The summed E-state index contributed by atoms with van der Waals surface area (Å²) in [6.45, 7) is 0. The predicted molar refractivity (Wildman–Crippen MR) is 55.5 cm³/mol. The molecule has 0 spiro atoms. The summed E-state index contributed by atoms with van der Waals surface area (Å²) in [5.41, 5.74) is -0.170. The molecule has 6 heteroatoms. The maximum absolute atomic E-state index is 12.6. The highest BCUT2D eigenvalue weighted by Crippen LogP contribution is 2.18. The lowest BCUT2D eigenvalue weighted by Gasteiger charge is -2.03. The van der Waals surface area contributed by atoms with Gasteiger partial charge in [0, 0.05) is 6.07 Å². The Morgan fingerprint density at radius 1 is 1.12 bits per heavy atom. The minimum absolute atomic E-state index is 0.140. The Bertz CT molecular complexity index is 525. The summed E-state index contributed by atoms with van der Waals surface area (Å²) in [5, 5.41) is 15.6. The largest absolute Gasteiger partial charge is 0.476 e. The van der Waals surface area contributed by atoms with Crippen LogP contribution in [0.3, 0.4) is 0 Å².